The average Bonchev–Trinajstić information content (AvgIpc) is 3.66. The second-order valence-corrected chi connectivity index (χ2v) is 9.56. The number of ether oxygens (including phenoxy) is 1. The first-order valence-corrected chi connectivity index (χ1v) is 12.5. The van der Waals surface area contributed by atoms with E-state index in [1.54, 1.807) is 18.1 Å². The van der Waals surface area contributed by atoms with Crippen molar-refractivity contribution in [1.82, 2.24) is 20.5 Å². The zero-order valence-corrected chi connectivity index (χ0v) is 20.6. The molecule has 0 bridgehead atoms. The van der Waals surface area contributed by atoms with Crippen molar-refractivity contribution in [2.75, 3.05) is 20.2 Å². The number of methoxy groups -OCH3 is 1. The van der Waals surface area contributed by atoms with E-state index in [1.807, 2.05) is 48.5 Å². The normalized spacial score (nSPS) is 21.9. The van der Waals surface area contributed by atoms with Gasteiger partial charge in [0.15, 0.2) is 0 Å². The van der Waals surface area contributed by atoms with Crippen LogP contribution in [0.2, 0.25) is 0 Å². The van der Waals surface area contributed by atoms with Crippen molar-refractivity contribution in [3.63, 3.8) is 0 Å². The van der Waals surface area contributed by atoms with Crippen LogP contribution in [0.5, 0.6) is 5.75 Å². The number of hydrogen-bond acceptors (Lipinski definition) is 5. The maximum absolute atomic E-state index is 13.7. The monoisotopic (exact) mass is 499 g/mol. The molecule has 0 aliphatic carbocycles. The van der Waals surface area contributed by atoms with Crippen LogP contribution in [0.15, 0.2) is 54.6 Å². The van der Waals surface area contributed by atoms with Gasteiger partial charge in [0.1, 0.15) is 23.5 Å². The van der Waals surface area contributed by atoms with Crippen LogP contribution >= 0.6 is 0 Å². The second-order valence-electron chi connectivity index (χ2n) is 9.56. The summed E-state index contributed by atoms with van der Waals surface area (Å²) in [5.41, 5.74) is 2.09. The third-order valence-electron chi connectivity index (χ3n) is 7.38. The lowest BCUT2D eigenvalue weighted by Crippen LogP contribution is -2.51. The fourth-order valence-electron chi connectivity index (χ4n) is 5.52. The molecule has 0 spiro atoms. The zero-order chi connectivity index (χ0) is 25.9. The minimum absolute atomic E-state index is 0.0939. The number of nitrogens with zero attached hydrogens (tertiary/aromatic N) is 2. The van der Waals surface area contributed by atoms with Crippen LogP contribution in [0.1, 0.15) is 41.2 Å². The first-order valence-electron chi connectivity index (χ1n) is 12.5. The molecule has 3 N–H and O–H groups in total. The van der Waals surface area contributed by atoms with Crippen molar-refractivity contribution in [2.45, 2.75) is 37.3 Å². The van der Waals surface area contributed by atoms with Crippen LogP contribution in [-0.2, 0) is 9.59 Å². The molecular formula is C28H29N5O4. The topological polar surface area (TPSA) is 127 Å². The Morgan fingerprint density at radius 3 is 2.70 bits per heavy atom. The Labute approximate surface area is 214 Å². The number of H-pyrrole nitrogens is 1. The van der Waals surface area contributed by atoms with Crippen molar-refractivity contribution in [3.05, 3.63) is 65.9 Å². The van der Waals surface area contributed by atoms with E-state index in [9.17, 15) is 19.6 Å². The highest BCUT2D eigenvalue weighted by Gasteiger charge is 2.44. The maximum atomic E-state index is 13.7. The molecule has 2 saturated heterocycles. The largest absolute Gasteiger partial charge is 0.496 e. The molecule has 3 heterocycles. The minimum atomic E-state index is -0.826. The lowest BCUT2D eigenvalue weighted by atomic mass is 9.90. The Kier molecular flexibility index (Phi) is 6.82. The Balaban J connectivity index is 1.43. The van der Waals surface area contributed by atoms with Gasteiger partial charge in [-0.1, -0.05) is 36.4 Å². The molecule has 9 nitrogen and oxygen atoms in total. The van der Waals surface area contributed by atoms with Crippen molar-refractivity contribution >= 4 is 28.6 Å². The first-order chi connectivity index (χ1) is 18.0. The van der Waals surface area contributed by atoms with Gasteiger partial charge in [0.2, 0.25) is 11.8 Å². The molecule has 190 valence electrons. The highest BCUT2D eigenvalue weighted by Crippen LogP contribution is 2.35. The SMILES string of the molecule is COc1cccc2[nH]c(C(=O)N3CCC(c4ccccc4)[C@H]3C(=O)N[C@H](C#N)C[C@@H]3CCNC3=O)cc12. The molecule has 2 aromatic carbocycles. The van der Waals surface area contributed by atoms with Gasteiger partial charge in [-0.3, -0.25) is 14.4 Å². The molecule has 0 radical (unpaired) electrons. The van der Waals surface area contributed by atoms with E-state index in [4.69, 9.17) is 4.74 Å². The Morgan fingerprint density at radius 2 is 2.00 bits per heavy atom. The average molecular weight is 500 g/mol. The number of nitriles is 1. The molecule has 1 unspecified atom stereocenters. The summed E-state index contributed by atoms with van der Waals surface area (Å²) in [6, 6.07) is 17.4. The summed E-state index contributed by atoms with van der Waals surface area (Å²) in [5, 5.41) is 16.1. The van der Waals surface area contributed by atoms with Crippen LogP contribution in [0.3, 0.4) is 0 Å². The van der Waals surface area contributed by atoms with Gasteiger partial charge in [0.05, 0.1) is 13.2 Å². The summed E-state index contributed by atoms with van der Waals surface area (Å²) in [6.07, 6.45) is 1.49. The third-order valence-corrected chi connectivity index (χ3v) is 7.38. The summed E-state index contributed by atoms with van der Waals surface area (Å²) in [6.45, 7) is 0.969. The number of aromatic nitrogens is 1. The molecule has 9 heteroatoms. The van der Waals surface area contributed by atoms with Gasteiger partial charge in [0, 0.05) is 35.8 Å². The van der Waals surface area contributed by atoms with Crippen LogP contribution in [0.25, 0.3) is 10.9 Å². The molecule has 3 aromatic rings. The standard InChI is InChI=1S/C28H29N5O4/c1-37-24-9-5-8-22-21(24)15-23(32-22)28(36)33-13-11-20(17-6-3-2-4-7-17)25(33)27(35)31-19(16-29)14-18-10-12-30-26(18)34/h2-9,15,18-20,25,32H,10-14H2,1H3,(H,30,34)(H,31,35)/t18-,19-,20?,25-/m0/s1. The molecule has 2 fully saturated rings. The van der Waals surface area contributed by atoms with Crippen LogP contribution in [-0.4, -0.2) is 59.9 Å². The number of nitrogens with one attached hydrogen (secondary N) is 3. The van der Waals surface area contributed by atoms with Crippen LogP contribution in [0, 0.1) is 17.2 Å². The quantitative estimate of drug-likeness (QED) is 0.461. The predicted molar refractivity (Wildman–Crippen MR) is 137 cm³/mol. The van der Waals surface area contributed by atoms with Crippen molar-refractivity contribution in [3.8, 4) is 11.8 Å². The molecule has 2 aliphatic heterocycles. The van der Waals surface area contributed by atoms with E-state index in [2.05, 4.69) is 21.7 Å². The van der Waals surface area contributed by atoms with Crippen LogP contribution in [0.4, 0.5) is 0 Å². The predicted octanol–water partition coefficient (Wildman–Crippen LogP) is 2.71. The number of hydrogen-bond donors (Lipinski definition) is 3. The number of carbonyl (C=O) groups is 3. The lowest BCUT2D eigenvalue weighted by molar-refractivity contribution is -0.126. The fourth-order valence-corrected chi connectivity index (χ4v) is 5.52. The second kappa shape index (κ2) is 10.3. The molecular weight excluding hydrogens is 470 g/mol. The number of benzene rings is 2. The summed E-state index contributed by atoms with van der Waals surface area (Å²) >= 11 is 0. The van der Waals surface area contributed by atoms with E-state index in [-0.39, 0.29) is 30.1 Å². The van der Waals surface area contributed by atoms with E-state index in [0.717, 1.165) is 16.5 Å². The number of aromatic amines is 1. The zero-order valence-electron chi connectivity index (χ0n) is 20.6. The summed E-state index contributed by atoms with van der Waals surface area (Å²) in [7, 11) is 1.58. The summed E-state index contributed by atoms with van der Waals surface area (Å²) < 4.78 is 5.43. The maximum Gasteiger partial charge on any atom is 0.271 e. The Morgan fingerprint density at radius 1 is 1.19 bits per heavy atom. The van der Waals surface area contributed by atoms with Crippen LogP contribution < -0.4 is 15.4 Å². The molecule has 1 aromatic heterocycles. The van der Waals surface area contributed by atoms with Gasteiger partial charge >= 0.3 is 0 Å². The van der Waals surface area contributed by atoms with Gasteiger partial charge in [-0.25, -0.2) is 0 Å². The van der Waals surface area contributed by atoms with Gasteiger partial charge in [0.25, 0.3) is 5.91 Å². The van der Waals surface area contributed by atoms with Gasteiger partial charge in [-0.2, -0.15) is 5.26 Å². The van der Waals surface area contributed by atoms with Crippen molar-refractivity contribution < 1.29 is 19.1 Å². The van der Waals surface area contributed by atoms with E-state index in [1.165, 1.54) is 0 Å². The minimum Gasteiger partial charge on any atom is -0.496 e. The lowest BCUT2D eigenvalue weighted by Gasteiger charge is -2.28. The number of fused-ring (bicyclic) bond motifs is 1. The summed E-state index contributed by atoms with van der Waals surface area (Å²) in [4.78, 5) is 44.2. The molecule has 0 saturated carbocycles. The molecule has 37 heavy (non-hydrogen) atoms. The van der Waals surface area contributed by atoms with Gasteiger partial charge in [-0.05, 0) is 43.0 Å². The van der Waals surface area contributed by atoms with Crippen molar-refractivity contribution in [2.24, 2.45) is 5.92 Å². The number of amides is 3. The first kappa shape index (κ1) is 24.4. The van der Waals surface area contributed by atoms with E-state index in [0.29, 0.717) is 37.4 Å². The highest BCUT2D eigenvalue weighted by atomic mass is 16.5. The smallest absolute Gasteiger partial charge is 0.271 e. The Bertz CT molecular complexity index is 1360. The third kappa shape index (κ3) is 4.75. The van der Waals surface area contributed by atoms with Crippen molar-refractivity contribution in [1.29, 1.82) is 5.26 Å². The number of carbonyl (C=O) groups excluding carboxylic acids is 3. The molecule has 5 rings (SSSR count). The van der Waals surface area contributed by atoms with E-state index < -0.39 is 18.0 Å². The van der Waals surface area contributed by atoms with Gasteiger partial charge < -0.3 is 25.3 Å². The fraction of sp³-hybridized carbons (Fsp3) is 0.357. The summed E-state index contributed by atoms with van der Waals surface area (Å²) in [5.74, 6) is -0.656. The molecule has 4 atom stereocenters. The number of rotatable bonds is 7. The van der Waals surface area contributed by atoms with Gasteiger partial charge in [-0.15, -0.1) is 0 Å². The molecule has 2 aliphatic rings. The van der Waals surface area contributed by atoms with E-state index >= 15 is 0 Å². The molecule has 3 amide bonds. The highest BCUT2D eigenvalue weighted by molar-refractivity contribution is 6.02. The Hall–Kier alpha value is -4.32. The number of likely N-dealkylation sites (tertiary alicyclic amines) is 1.